The van der Waals surface area contributed by atoms with Crippen molar-refractivity contribution in [1.29, 1.82) is 0 Å². The van der Waals surface area contributed by atoms with Gasteiger partial charge in [0.25, 0.3) is 11.7 Å². The lowest BCUT2D eigenvalue weighted by atomic mass is 10.2. The highest BCUT2D eigenvalue weighted by molar-refractivity contribution is 7.18. The van der Waals surface area contributed by atoms with E-state index in [9.17, 15) is 9.59 Å². The molecule has 1 aromatic rings. The first-order chi connectivity index (χ1) is 7.65. The second-order valence-electron chi connectivity index (χ2n) is 3.40. The molecule has 0 saturated carbocycles. The number of unbranched alkanes of at least 4 members (excludes halogenated alkanes) is 2. The largest absolute Gasteiger partial charge is 0.349 e. The first-order valence-electron chi connectivity index (χ1n) is 5.23. The van der Waals surface area contributed by atoms with E-state index in [1.165, 1.54) is 0 Å². The van der Waals surface area contributed by atoms with Crippen LogP contribution in [0.4, 0.5) is 0 Å². The van der Waals surface area contributed by atoms with Crippen LogP contribution in [0.15, 0.2) is 12.1 Å². The Morgan fingerprint density at radius 1 is 1.38 bits per heavy atom. The number of hydrogen-bond donors (Lipinski definition) is 1. The molecule has 0 aliphatic heterocycles. The van der Waals surface area contributed by atoms with Crippen LogP contribution < -0.4 is 5.32 Å². The van der Waals surface area contributed by atoms with E-state index in [1.807, 2.05) is 0 Å². The van der Waals surface area contributed by atoms with E-state index < -0.39 is 11.7 Å². The fraction of sp³-hybridized carbons (Fsp3) is 0.455. The van der Waals surface area contributed by atoms with Crippen LogP contribution >= 0.6 is 22.9 Å². The molecule has 0 aromatic carbocycles. The highest BCUT2D eigenvalue weighted by Crippen LogP contribution is 2.21. The van der Waals surface area contributed by atoms with E-state index >= 15 is 0 Å². The molecule has 1 rings (SSSR count). The average molecular weight is 260 g/mol. The standard InChI is InChI=1S/C11H14ClNO2S/c1-2-3-4-7-13-11(15)10(14)8-5-6-9(12)16-8/h5-6H,2-4,7H2,1H3,(H,13,15). The predicted octanol–water partition coefficient (Wildman–Crippen LogP) is 2.89. The summed E-state index contributed by atoms with van der Waals surface area (Å²) in [6, 6.07) is 3.19. The molecule has 0 fully saturated rings. The van der Waals surface area contributed by atoms with E-state index in [0.29, 0.717) is 15.8 Å². The summed E-state index contributed by atoms with van der Waals surface area (Å²) in [7, 11) is 0. The van der Waals surface area contributed by atoms with Gasteiger partial charge in [0.1, 0.15) is 0 Å². The number of Topliss-reactive ketones (excluding diaryl/α,β-unsaturated/α-hetero) is 1. The smallest absolute Gasteiger partial charge is 0.293 e. The summed E-state index contributed by atoms with van der Waals surface area (Å²) in [5.41, 5.74) is 0. The van der Waals surface area contributed by atoms with Crippen LogP contribution in [0.3, 0.4) is 0 Å². The van der Waals surface area contributed by atoms with Crippen LogP contribution in [0.5, 0.6) is 0 Å². The summed E-state index contributed by atoms with van der Waals surface area (Å²) in [5.74, 6) is -1.05. The molecule has 0 spiro atoms. The van der Waals surface area contributed by atoms with Gasteiger partial charge in [-0.2, -0.15) is 0 Å². The van der Waals surface area contributed by atoms with Gasteiger partial charge >= 0.3 is 0 Å². The summed E-state index contributed by atoms with van der Waals surface area (Å²) < 4.78 is 0.516. The van der Waals surface area contributed by atoms with Crippen molar-refractivity contribution < 1.29 is 9.59 Å². The summed E-state index contributed by atoms with van der Waals surface area (Å²) in [4.78, 5) is 23.4. The van der Waals surface area contributed by atoms with Crippen LogP contribution in [-0.4, -0.2) is 18.2 Å². The molecule has 1 aromatic heterocycles. The zero-order chi connectivity index (χ0) is 12.0. The third-order valence-electron chi connectivity index (χ3n) is 2.07. The van der Waals surface area contributed by atoms with Crippen molar-refractivity contribution in [3.8, 4) is 0 Å². The Morgan fingerprint density at radius 2 is 2.12 bits per heavy atom. The first kappa shape index (κ1) is 13.2. The Balaban J connectivity index is 2.39. The maximum absolute atomic E-state index is 11.6. The Morgan fingerprint density at radius 3 is 2.69 bits per heavy atom. The van der Waals surface area contributed by atoms with Gasteiger partial charge in [-0.05, 0) is 18.6 Å². The maximum atomic E-state index is 11.6. The van der Waals surface area contributed by atoms with Crippen LogP contribution in [0.2, 0.25) is 4.34 Å². The van der Waals surface area contributed by atoms with Crippen molar-refractivity contribution >= 4 is 34.6 Å². The van der Waals surface area contributed by atoms with Crippen molar-refractivity contribution in [3.05, 3.63) is 21.3 Å². The van der Waals surface area contributed by atoms with Gasteiger partial charge in [0.05, 0.1) is 9.21 Å². The monoisotopic (exact) mass is 259 g/mol. The van der Waals surface area contributed by atoms with Crippen LogP contribution in [0.1, 0.15) is 35.9 Å². The van der Waals surface area contributed by atoms with Crippen LogP contribution in [0, 0.1) is 0 Å². The molecule has 0 aliphatic rings. The number of carbonyl (C=O) groups excluding carboxylic acids is 2. The lowest BCUT2D eigenvalue weighted by molar-refractivity contribution is -0.116. The Kier molecular flexibility index (Phi) is 5.49. The number of hydrogen-bond acceptors (Lipinski definition) is 3. The zero-order valence-corrected chi connectivity index (χ0v) is 10.7. The fourth-order valence-electron chi connectivity index (χ4n) is 1.21. The van der Waals surface area contributed by atoms with Crippen LogP contribution in [-0.2, 0) is 4.79 Å². The van der Waals surface area contributed by atoms with Gasteiger partial charge < -0.3 is 5.32 Å². The van der Waals surface area contributed by atoms with E-state index in [4.69, 9.17) is 11.6 Å². The highest BCUT2D eigenvalue weighted by Gasteiger charge is 2.17. The van der Waals surface area contributed by atoms with E-state index in [0.717, 1.165) is 30.6 Å². The summed E-state index contributed by atoms with van der Waals surface area (Å²) in [6.45, 7) is 2.64. The van der Waals surface area contributed by atoms with Gasteiger partial charge in [-0.1, -0.05) is 31.4 Å². The van der Waals surface area contributed by atoms with E-state index in [1.54, 1.807) is 12.1 Å². The lowest BCUT2D eigenvalue weighted by Crippen LogP contribution is -2.31. The number of thiophene rings is 1. The Labute approximate surface area is 104 Å². The molecule has 0 atom stereocenters. The second-order valence-corrected chi connectivity index (χ2v) is 5.11. The third-order valence-corrected chi connectivity index (χ3v) is 3.30. The Bertz CT molecular complexity index is 376. The van der Waals surface area contributed by atoms with Crippen molar-refractivity contribution in [2.24, 2.45) is 0 Å². The lowest BCUT2D eigenvalue weighted by Gasteiger charge is -2.02. The highest BCUT2D eigenvalue weighted by atomic mass is 35.5. The summed E-state index contributed by atoms with van der Waals surface area (Å²) >= 11 is 6.81. The fourth-order valence-corrected chi connectivity index (χ4v) is 2.19. The summed E-state index contributed by atoms with van der Waals surface area (Å²) in [6.07, 6.45) is 3.05. The Hall–Kier alpha value is -0.870. The number of carbonyl (C=O) groups is 2. The van der Waals surface area contributed by atoms with Crippen molar-refractivity contribution in [2.45, 2.75) is 26.2 Å². The first-order valence-corrected chi connectivity index (χ1v) is 6.42. The average Bonchev–Trinajstić information content (AvgIpc) is 2.70. The maximum Gasteiger partial charge on any atom is 0.293 e. The molecule has 1 heterocycles. The quantitative estimate of drug-likeness (QED) is 0.485. The minimum Gasteiger partial charge on any atom is -0.349 e. The number of halogens is 1. The number of ketones is 1. The molecule has 0 aliphatic carbocycles. The predicted molar refractivity (Wildman–Crippen MR) is 66.2 cm³/mol. The SMILES string of the molecule is CCCCCNC(=O)C(=O)c1ccc(Cl)s1. The van der Waals surface area contributed by atoms with Gasteiger partial charge in [-0.15, -0.1) is 11.3 Å². The molecule has 0 unspecified atom stereocenters. The molecule has 5 heteroatoms. The molecule has 0 radical (unpaired) electrons. The van der Waals surface area contributed by atoms with Gasteiger partial charge in [-0.3, -0.25) is 9.59 Å². The van der Waals surface area contributed by atoms with Gasteiger partial charge in [0, 0.05) is 6.54 Å². The molecule has 0 bridgehead atoms. The number of nitrogens with one attached hydrogen (secondary N) is 1. The molecule has 88 valence electrons. The molecule has 1 amide bonds. The van der Waals surface area contributed by atoms with E-state index in [2.05, 4.69) is 12.2 Å². The van der Waals surface area contributed by atoms with Crippen molar-refractivity contribution in [1.82, 2.24) is 5.32 Å². The van der Waals surface area contributed by atoms with Gasteiger partial charge in [0.15, 0.2) is 0 Å². The molecule has 16 heavy (non-hydrogen) atoms. The zero-order valence-electron chi connectivity index (χ0n) is 9.09. The minimum atomic E-state index is -0.547. The minimum absolute atomic E-state index is 0.387. The van der Waals surface area contributed by atoms with Gasteiger partial charge in [0.2, 0.25) is 0 Å². The molecular weight excluding hydrogens is 246 g/mol. The normalized spacial score (nSPS) is 10.1. The third kappa shape index (κ3) is 3.94. The molecule has 3 nitrogen and oxygen atoms in total. The second kappa shape index (κ2) is 6.66. The molecule has 1 N–H and O–H groups in total. The van der Waals surface area contributed by atoms with Crippen molar-refractivity contribution in [2.75, 3.05) is 6.54 Å². The van der Waals surface area contributed by atoms with Gasteiger partial charge in [-0.25, -0.2) is 0 Å². The number of rotatable bonds is 6. The number of amides is 1. The topological polar surface area (TPSA) is 46.2 Å². The van der Waals surface area contributed by atoms with E-state index in [-0.39, 0.29) is 0 Å². The van der Waals surface area contributed by atoms with Crippen LogP contribution in [0.25, 0.3) is 0 Å². The molecule has 0 saturated heterocycles. The molecular formula is C11H14ClNO2S. The van der Waals surface area contributed by atoms with Crippen molar-refractivity contribution in [3.63, 3.8) is 0 Å². The summed E-state index contributed by atoms with van der Waals surface area (Å²) in [5, 5.41) is 2.60.